The summed E-state index contributed by atoms with van der Waals surface area (Å²) >= 11 is 0. The molecule has 12 N–H and O–H groups in total. The first-order valence-corrected chi connectivity index (χ1v) is 59.5. The fourth-order valence-corrected chi connectivity index (χ4v) is 21.7. The zero-order valence-electron chi connectivity index (χ0n) is 100. The molecule has 1 aromatic rings. The molecule has 0 bridgehead atoms. The lowest BCUT2D eigenvalue weighted by Gasteiger charge is -2.31. The fraction of sp³-hybridized carbons (Fsp3) is 0.912. The van der Waals surface area contributed by atoms with Crippen LogP contribution in [0, 0.1) is 88.1 Å². The molecular weight excluding hydrogens is 1840 g/mol. The van der Waals surface area contributed by atoms with Crippen molar-refractivity contribution in [2.75, 3.05) is 61.6 Å². The van der Waals surface area contributed by atoms with E-state index in [-0.39, 0.29) is 145 Å². The second-order valence-electron chi connectivity index (χ2n) is 56.8. The number of carbonyl (C=O) groups excluding carboxylic acids is 4. The molecule has 3 aliphatic rings. The van der Waals surface area contributed by atoms with Crippen molar-refractivity contribution in [3.05, 3.63) is 35.9 Å². The monoisotopic (exact) mass is 2080 g/mol. The second kappa shape index (κ2) is 70.1. The molecule has 3 fully saturated rings. The molecule has 0 saturated heterocycles. The molecule has 26 heteroatoms. The number of sulfonamides is 1. The summed E-state index contributed by atoms with van der Waals surface area (Å²) in [6, 6.07) is 11.3. The Morgan fingerprint density at radius 3 is 1.04 bits per heavy atom. The van der Waals surface area contributed by atoms with Crippen LogP contribution in [-0.2, 0) is 68.2 Å². The van der Waals surface area contributed by atoms with Crippen LogP contribution in [0.15, 0.2) is 30.3 Å². The highest BCUT2D eigenvalue weighted by Crippen LogP contribution is 2.42. The van der Waals surface area contributed by atoms with E-state index in [0.717, 1.165) is 50.9 Å². The molecular formula is C114H239N5O17S4. The van der Waals surface area contributed by atoms with Gasteiger partial charge in [0.2, 0.25) is 10.0 Å². The van der Waals surface area contributed by atoms with E-state index in [0.29, 0.717) is 64.9 Å². The molecule has 0 radical (unpaired) electrons. The van der Waals surface area contributed by atoms with Gasteiger partial charge in [-0.3, -0.25) is 19.2 Å². The number of Topliss-reactive ketones (excluding diaryl/α,β-unsaturated/α-hetero) is 2. The lowest BCUT2D eigenvalue weighted by atomic mass is 9.77. The topological polar surface area (TPSA) is 400 Å². The summed E-state index contributed by atoms with van der Waals surface area (Å²) in [5.41, 5.74) is 26.7. The summed E-state index contributed by atoms with van der Waals surface area (Å²) in [5, 5.41) is 28.0. The van der Waals surface area contributed by atoms with Gasteiger partial charge in [0.1, 0.15) is 37.0 Å². The van der Waals surface area contributed by atoms with Gasteiger partial charge in [-0.2, -0.15) is 0 Å². The molecule has 0 aliphatic heterocycles. The normalized spacial score (nSPS) is 16.1. The molecule has 3 saturated carbocycles. The third kappa shape index (κ3) is 131. The van der Waals surface area contributed by atoms with E-state index >= 15 is 0 Å². The van der Waals surface area contributed by atoms with E-state index in [1.165, 1.54) is 129 Å². The van der Waals surface area contributed by atoms with Gasteiger partial charge in [-0.25, -0.2) is 38.4 Å². The summed E-state index contributed by atoms with van der Waals surface area (Å²) in [5.74, 6) is 1.19. The highest BCUT2D eigenvalue weighted by molar-refractivity contribution is 7.92. The highest BCUT2D eigenvalue weighted by Gasteiger charge is 2.41. The average molecular weight is 2080 g/mol. The zero-order chi connectivity index (χ0) is 113. The Morgan fingerprint density at radius 1 is 0.457 bits per heavy atom. The molecule has 0 heterocycles. The lowest BCUT2D eigenvalue weighted by molar-refractivity contribution is -0.145. The minimum absolute atomic E-state index is 0. The summed E-state index contributed by atoms with van der Waals surface area (Å²) in [4.78, 5) is 42.9. The molecule has 846 valence electrons. The third-order valence-electron chi connectivity index (χ3n) is 20.4. The molecule has 22 nitrogen and oxygen atoms in total. The number of aliphatic hydroxyl groups excluding tert-OH is 3. The van der Waals surface area contributed by atoms with Crippen LogP contribution in [0.2, 0.25) is 0 Å². The van der Waals surface area contributed by atoms with Crippen molar-refractivity contribution in [2.24, 2.45) is 111 Å². The van der Waals surface area contributed by atoms with Crippen LogP contribution in [-0.4, -0.2) is 169 Å². The van der Waals surface area contributed by atoms with Crippen molar-refractivity contribution in [3.8, 4) is 0 Å². The van der Waals surface area contributed by atoms with Crippen LogP contribution in [0.3, 0.4) is 0 Å². The van der Waals surface area contributed by atoms with Crippen molar-refractivity contribution in [2.45, 2.75) is 522 Å². The number of hydrogen-bond acceptors (Lipinski definition) is 21. The van der Waals surface area contributed by atoms with E-state index in [1.807, 2.05) is 198 Å². The van der Waals surface area contributed by atoms with E-state index in [2.05, 4.69) is 153 Å². The summed E-state index contributed by atoms with van der Waals surface area (Å²) in [6.07, 6.45) is 28.4. The molecule has 140 heavy (non-hydrogen) atoms. The Kier molecular flexibility index (Phi) is 78.7. The number of sulfone groups is 3. The first-order valence-electron chi connectivity index (χ1n) is 51.9. The van der Waals surface area contributed by atoms with Gasteiger partial charge in [-0.1, -0.05) is 360 Å². The predicted molar refractivity (Wildman–Crippen MR) is 608 cm³/mol. The molecule has 1 aromatic carbocycles. The van der Waals surface area contributed by atoms with E-state index in [1.54, 1.807) is 0 Å². The molecule has 0 amide bonds. The van der Waals surface area contributed by atoms with Gasteiger partial charge >= 0.3 is 11.9 Å². The Hall–Kier alpha value is -3.02. The number of hydrogen-bond donors (Lipinski definition) is 8. The number of ether oxygens (including phenoxy) is 2. The third-order valence-corrected chi connectivity index (χ3v) is 27.0. The minimum Gasteiger partial charge on any atom is -0.469 e. The molecule has 6 atom stereocenters. The maximum absolute atomic E-state index is 11.6. The Balaban J connectivity index is -0.000000164. The van der Waals surface area contributed by atoms with Crippen LogP contribution in [0.25, 0.3) is 0 Å². The zero-order valence-corrected chi connectivity index (χ0v) is 103. The van der Waals surface area contributed by atoms with Crippen LogP contribution < -0.4 is 27.7 Å². The van der Waals surface area contributed by atoms with Crippen molar-refractivity contribution in [1.29, 1.82) is 0 Å². The first-order chi connectivity index (χ1) is 61.0. The van der Waals surface area contributed by atoms with Crippen LogP contribution in [0.4, 0.5) is 0 Å². The van der Waals surface area contributed by atoms with Gasteiger partial charge in [0.15, 0.2) is 9.84 Å². The molecule has 0 spiro atoms. The number of methoxy groups -OCH3 is 1. The summed E-state index contributed by atoms with van der Waals surface area (Å²) in [7, 11) is -10.5. The van der Waals surface area contributed by atoms with E-state index in [9.17, 15) is 63.1 Å². The van der Waals surface area contributed by atoms with Gasteiger partial charge in [0.05, 0.1) is 68.4 Å². The van der Waals surface area contributed by atoms with Crippen LogP contribution >= 0.6 is 0 Å². The van der Waals surface area contributed by atoms with Crippen molar-refractivity contribution >= 4 is 63.0 Å². The number of rotatable bonds is 24. The number of benzene rings is 1. The maximum Gasteiger partial charge on any atom is 0.306 e. The molecule has 3 aliphatic carbocycles. The van der Waals surface area contributed by atoms with Crippen molar-refractivity contribution in [3.63, 3.8) is 0 Å². The minimum atomic E-state index is -3.19. The fourth-order valence-electron chi connectivity index (χ4n) is 14.9. The van der Waals surface area contributed by atoms with Gasteiger partial charge in [-0.15, -0.1) is 0 Å². The average Bonchev–Trinajstić information content (AvgIpc) is 1.66. The second-order valence-corrected chi connectivity index (χ2v) is 65.0. The Morgan fingerprint density at radius 2 is 0.829 bits per heavy atom. The predicted octanol–water partition coefficient (Wildman–Crippen LogP) is 26.9. The lowest BCUT2D eigenvalue weighted by Crippen LogP contribution is -2.43. The summed E-state index contributed by atoms with van der Waals surface area (Å²) in [6.45, 7) is 95.8. The van der Waals surface area contributed by atoms with Gasteiger partial charge < -0.3 is 47.7 Å². The van der Waals surface area contributed by atoms with Crippen LogP contribution in [0.5, 0.6) is 0 Å². The maximum atomic E-state index is 11.6. The number of nitrogens with two attached hydrogens (primary N) is 4. The first kappa shape index (κ1) is 157. The Labute approximate surface area is 870 Å². The number of esters is 2. The largest absolute Gasteiger partial charge is 0.469 e. The number of nitrogens with one attached hydrogen (secondary N) is 1. The molecule has 4 rings (SSSR count). The van der Waals surface area contributed by atoms with Crippen LogP contribution in [0.1, 0.15) is 492 Å². The van der Waals surface area contributed by atoms with Gasteiger partial charge in [-0.05, 0) is 226 Å². The van der Waals surface area contributed by atoms with Crippen molar-refractivity contribution < 1.29 is 77.6 Å². The summed E-state index contributed by atoms with van der Waals surface area (Å²) < 4.78 is 100. The van der Waals surface area contributed by atoms with E-state index in [4.69, 9.17) is 32.8 Å². The van der Waals surface area contributed by atoms with Gasteiger partial charge in [0, 0.05) is 47.6 Å². The standard InChI is InChI=1S/C12H25N.C12H19N.C12H24O.C9H21NO2S.C8H17N.C8H19N.C8H16O3S.2C8H16O2.C8H18O.C7H16O2S.C7H14O2.C6H14O2S.CH4/c3*1-12(2,3)9-11(13)10-7-5-4-6-8-10;1-8(2,3)7-13(11,12)10-9(4,5)6;1-7(2,3)6-8(9)4-5-8;1-5-7(9)6-8(2,3)4;1-7(9)5-12(10,11)6-8(2,3)4;1-6(10)7(5-9)8(2,3)4;1-5-10-7(9)6-8(2,3)4;1-5-7(9)6-8(2,3)4;1-7(2,3)5-6-10(4,8)9;1-7(2,3)5-6(8)9-4;1-6(2,3)5-9(4,7)8;/h10-11H,4-9,13H2,1-3H3;4-8,11H,9,13H2,1-3H3;10-11,13H,4-9H2,1-3H3;10H,7H2,1-6H3;4-6,9H2,1-3H3;7H,5-6,9H2,1-4H3;5-6H2,1-4H3;7,9H,5H2,1-4H3;5-6H2,1-4H3;7,9H,5-6H2,1-4H3;5-6H2,1-4H3;2*5H2,1-4H3;1H4. The number of ketones is 2. The molecule has 6 unspecified atom stereocenters. The highest BCUT2D eigenvalue weighted by atomic mass is 32.2. The molecule has 0 aromatic heterocycles. The van der Waals surface area contributed by atoms with Crippen molar-refractivity contribution in [1.82, 2.24) is 4.72 Å². The van der Waals surface area contributed by atoms with Gasteiger partial charge in [0.25, 0.3) is 0 Å². The Bertz CT molecular complexity index is 3720. The number of carbonyl (C=O) groups is 4. The van der Waals surface area contributed by atoms with E-state index < -0.39 is 39.5 Å². The quantitative estimate of drug-likeness (QED) is 0.0446. The smallest absolute Gasteiger partial charge is 0.306 e. The SMILES string of the molecule is C.CC(=O)C(CO)C(C)(C)C.CC(=O)CS(=O)(=O)CC(C)(C)C.CC(C)(C)CC(N)C1CCCCC1.CC(C)(C)CC(N)c1ccccc1.CC(C)(C)CC(O)C1CCCCC1.CC(C)(C)CC1(N)CC1.CC(C)(C)CCS(C)(=O)=O.CC(C)(C)CS(=O)(=O)NC(C)(C)C.CC(C)(C)CS(C)(=O)=O.CCC(N)CC(C)(C)C.CCC(O)CC(C)(C)C.CCOC(=O)CC(C)(C)C.COC(=O)CC(C)(C)C. The number of aliphatic hydroxyl groups is 3.